The van der Waals surface area contributed by atoms with Gasteiger partial charge in [0.05, 0.1) is 23.4 Å². The van der Waals surface area contributed by atoms with Crippen LogP contribution in [-0.4, -0.2) is 49.9 Å². The van der Waals surface area contributed by atoms with E-state index in [9.17, 15) is 4.79 Å². The monoisotopic (exact) mass is 430 g/mol. The summed E-state index contributed by atoms with van der Waals surface area (Å²) in [6, 6.07) is 11.9. The summed E-state index contributed by atoms with van der Waals surface area (Å²) < 4.78 is 11.7. The highest BCUT2D eigenvalue weighted by molar-refractivity contribution is 9.10. The summed E-state index contributed by atoms with van der Waals surface area (Å²) in [5, 5.41) is 0. The van der Waals surface area contributed by atoms with E-state index < -0.39 is 0 Å². The molecule has 1 amide bonds. The highest BCUT2D eigenvalue weighted by Crippen LogP contribution is 2.26. The van der Waals surface area contributed by atoms with E-state index in [0.717, 1.165) is 21.3 Å². The molecule has 1 fully saturated rings. The minimum absolute atomic E-state index is 0.0223. The van der Waals surface area contributed by atoms with Crippen LogP contribution in [0.15, 0.2) is 45.9 Å². The summed E-state index contributed by atoms with van der Waals surface area (Å²) in [5.74, 6) is 0.617. The molecule has 27 heavy (non-hydrogen) atoms. The van der Waals surface area contributed by atoms with Gasteiger partial charge in [-0.2, -0.15) is 0 Å². The maximum Gasteiger partial charge on any atom is 0.260 e. The predicted octanol–water partition coefficient (Wildman–Crippen LogP) is 4.05. The van der Waals surface area contributed by atoms with E-state index in [4.69, 9.17) is 9.47 Å². The fourth-order valence-electron chi connectivity index (χ4n) is 2.76. The van der Waals surface area contributed by atoms with E-state index in [1.165, 1.54) is 5.56 Å². The van der Waals surface area contributed by atoms with Gasteiger partial charge < -0.3 is 14.4 Å². The minimum atomic E-state index is -0.0224. The lowest BCUT2D eigenvalue weighted by Crippen LogP contribution is -2.43. The van der Waals surface area contributed by atoms with Crippen molar-refractivity contribution in [2.45, 2.75) is 13.8 Å². The average molecular weight is 431 g/mol. The Morgan fingerprint density at radius 1 is 1.22 bits per heavy atom. The zero-order valence-corrected chi connectivity index (χ0v) is 17.2. The normalized spacial score (nSPS) is 14.6. The van der Waals surface area contributed by atoms with Gasteiger partial charge >= 0.3 is 0 Å². The van der Waals surface area contributed by atoms with Crippen LogP contribution in [0.5, 0.6) is 5.75 Å². The first-order chi connectivity index (χ1) is 13.0. The van der Waals surface area contributed by atoms with Gasteiger partial charge in [-0.05, 0) is 70.7 Å². The molecule has 0 spiro atoms. The number of benzene rings is 2. The molecule has 1 heterocycles. The number of carbonyl (C=O) groups excluding carboxylic acids is 1. The molecule has 1 aliphatic heterocycles. The molecule has 0 radical (unpaired) electrons. The maximum atomic E-state index is 12.2. The Bertz CT molecular complexity index is 845. The Kier molecular flexibility index (Phi) is 6.63. The molecule has 1 saturated heterocycles. The molecule has 0 N–H and O–H groups in total. The standard InChI is InChI=1S/C21H23BrN2O3/c1-15-3-4-16(2)19(11-15)23-13-17-5-6-20(18(22)12-17)27-14-21(25)24-7-9-26-10-8-24/h3-6,11-13H,7-10,14H2,1-2H3. The van der Waals surface area contributed by atoms with E-state index in [1.54, 1.807) is 4.90 Å². The lowest BCUT2D eigenvalue weighted by molar-refractivity contribution is -0.137. The lowest BCUT2D eigenvalue weighted by atomic mass is 10.1. The van der Waals surface area contributed by atoms with Gasteiger partial charge in [0.1, 0.15) is 5.75 Å². The van der Waals surface area contributed by atoms with Crippen LogP contribution >= 0.6 is 15.9 Å². The van der Waals surface area contributed by atoms with Crippen molar-refractivity contribution in [2.75, 3.05) is 32.9 Å². The number of morpholine rings is 1. The van der Waals surface area contributed by atoms with Gasteiger partial charge in [-0.1, -0.05) is 12.1 Å². The summed E-state index contributed by atoms with van der Waals surface area (Å²) in [5.41, 5.74) is 4.23. The number of amides is 1. The van der Waals surface area contributed by atoms with Crippen LogP contribution in [0.3, 0.4) is 0 Å². The highest BCUT2D eigenvalue weighted by Gasteiger charge is 2.17. The largest absolute Gasteiger partial charge is 0.483 e. The number of carbonyl (C=O) groups is 1. The number of hydrogen-bond donors (Lipinski definition) is 0. The second-order valence-corrected chi connectivity index (χ2v) is 7.37. The van der Waals surface area contributed by atoms with Crippen molar-refractivity contribution in [1.29, 1.82) is 0 Å². The average Bonchev–Trinajstić information content (AvgIpc) is 2.68. The lowest BCUT2D eigenvalue weighted by Gasteiger charge is -2.26. The van der Waals surface area contributed by atoms with Crippen molar-refractivity contribution in [3.05, 3.63) is 57.6 Å². The van der Waals surface area contributed by atoms with Gasteiger partial charge in [0.2, 0.25) is 0 Å². The number of aliphatic imine (C=N–C) groups is 1. The van der Waals surface area contributed by atoms with Crippen molar-refractivity contribution in [1.82, 2.24) is 4.90 Å². The molecule has 0 unspecified atom stereocenters. The van der Waals surface area contributed by atoms with Gasteiger partial charge in [-0.3, -0.25) is 9.79 Å². The summed E-state index contributed by atoms with van der Waals surface area (Å²) in [6.45, 7) is 6.54. The van der Waals surface area contributed by atoms with Crippen LogP contribution in [0.4, 0.5) is 5.69 Å². The van der Waals surface area contributed by atoms with E-state index in [-0.39, 0.29) is 12.5 Å². The zero-order chi connectivity index (χ0) is 19.2. The molecule has 5 nitrogen and oxygen atoms in total. The molecule has 0 aromatic heterocycles. The SMILES string of the molecule is Cc1ccc(C)c(N=Cc2ccc(OCC(=O)N3CCOCC3)c(Br)c2)c1. The van der Waals surface area contributed by atoms with Crippen molar-refractivity contribution in [3.8, 4) is 5.75 Å². The van der Waals surface area contributed by atoms with Crippen molar-refractivity contribution < 1.29 is 14.3 Å². The van der Waals surface area contributed by atoms with E-state index in [1.807, 2.05) is 31.3 Å². The molecule has 0 bridgehead atoms. The minimum Gasteiger partial charge on any atom is -0.483 e. The third-order valence-electron chi connectivity index (χ3n) is 4.39. The van der Waals surface area contributed by atoms with E-state index in [0.29, 0.717) is 32.1 Å². The molecular weight excluding hydrogens is 408 g/mol. The smallest absolute Gasteiger partial charge is 0.260 e. The molecule has 2 aromatic rings. The second-order valence-electron chi connectivity index (χ2n) is 6.52. The molecule has 0 saturated carbocycles. The molecule has 3 rings (SSSR count). The molecular formula is C21H23BrN2O3. The predicted molar refractivity (Wildman–Crippen MR) is 110 cm³/mol. The first kappa shape index (κ1) is 19.6. The third-order valence-corrected chi connectivity index (χ3v) is 5.01. The number of aryl methyl sites for hydroxylation is 2. The van der Waals surface area contributed by atoms with Crippen LogP contribution < -0.4 is 4.74 Å². The number of rotatable bonds is 5. The Morgan fingerprint density at radius 3 is 2.74 bits per heavy atom. The highest BCUT2D eigenvalue weighted by atomic mass is 79.9. The van der Waals surface area contributed by atoms with Crippen LogP contribution in [0.25, 0.3) is 0 Å². The van der Waals surface area contributed by atoms with Gasteiger partial charge in [-0.25, -0.2) is 0 Å². The van der Waals surface area contributed by atoms with Gasteiger partial charge in [0.15, 0.2) is 6.61 Å². The first-order valence-electron chi connectivity index (χ1n) is 8.92. The quantitative estimate of drug-likeness (QED) is 0.672. The summed E-state index contributed by atoms with van der Waals surface area (Å²) in [7, 11) is 0. The van der Waals surface area contributed by atoms with Crippen molar-refractivity contribution >= 4 is 33.7 Å². The van der Waals surface area contributed by atoms with Gasteiger partial charge in [-0.15, -0.1) is 0 Å². The Labute approximate surface area is 168 Å². The molecule has 2 aromatic carbocycles. The number of hydrogen-bond acceptors (Lipinski definition) is 4. The molecule has 0 aliphatic carbocycles. The fourth-order valence-corrected chi connectivity index (χ4v) is 3.27. The topological polar surface area (TPSA) is 51.1 Å². The Balaban J connectivity index is 1.62. The maximum absolute atomic E-state index is 12.2. The fraction of sp³-hybridized carbons (Fsp3) is 0.333. The van der Waals surface area contributed by atoms with Gasteiger partial charge in [0, 0.05) is 19.3 Å². The number of ether oxygens (including phenoxy) is 2. The second kappa shape index (κ2) is 9.15. The summed E-state index contributed by atoms with van der Waals surface area (Å²) >= 11 is 3.51. The third kappa shape index (κ3) is 5.40. The zero-order valence-electron chi connectivity index (χ0n) is 15.6. The van der Waals surface area contributed by atoms with E-state index >= 15 is 0 Å². The van der Waals surface area contributed by atoms with Crippen LogP contribution in [0.1, 0.15) is 16.7 Å². The van der Waals surface area contributed by atoms with Crippen LogP contribution in [-0.2, 0) is 9.53 Å². The first-order valence-corrected chi connectivity index (χ1v) is 9.71. The van der Waals surface area contributed by atoms with Crippen molar-refractivity contribution in [2.24, 2.45) is 4.99 Å². The van der Waals surface area contributed by atoms with Crippen molar-refractivity contribution in [3.63, 3.8) is 0 Å². The van der Waals surface area contributed by atoms with E-state index in [2.05, 4.69) is 46.0 Å². The molecule has 6 heteroatoms. The number of nitrogens with zero attached hydrogens (tertiary/aromatic N) is 2. The Hall–Kier alpha value is -2.18. The van der Waals surface area contributed by atoms with Gasteiger partial charge in [0.25, 0.3) is 5.91 Å². The molecule has 1 aliphatic rings. The summed E-state index contributed by atoms with van der Waals surface area (Å²) in [6.07, 6.45) is 1.83. The van der Waals surface area contributed by atoms with Crippen LogP contribution in [0.2, 0.25) is 0 Å². The van der Waals surface area contributed by atoms with Crippen LogP contribution in [0, 0.1) is 13.8 Å². The molecule has 0 atom stereocenters. The molecule has 142 valence electrons. The summed E-state index contributed by atoms with van der Waals surface area (Å²) in [4.78, 5) is 18.5. The Morgan fingerprint density at radius 2 is 2.00 bits per heavy atom. The number of halogens is 1.